The molecule has 30 heavy (non-hydrogen) atoms. The van der Waals surface area contributed by atoms with Gasteiger partial charge in [0.25, 0.3) is 5.91 Å². The second-order valence-corrected chi connectivity index (χ2v) is 8.28. The molecule has 0 N–H and O–H groups in total. The summed E-state index contributed by atoms with van der Waals surface area (Å²) in [5, 5.41) is 0. The first-order valence-electron chi connectivity index (χ1n) is 10.7. The number of amides is 1. The number of carbonyl (C=O) groups excluding carboxylic acids is 1. The van der Waals surface area contributed by atoms with Crippen LogP contribution in [0.4, 0.5) is 0 Å². The van der Waals surface area contributed by atoms with E-state index < -0.39 is 0 Å². The Morgan fingerprint density at radius 2 is 2.00 bits per heavy atom. The molecule has 5 heteroatoms. The number of aromatic nitrogens is 1. The maximum absolute atomic E-state index is 13.4. The molecule has 2 aliphatic heterocycles. The van der Waals surface area contributed by atoms with Crippen molar-refractivity contribution in [3.63, 3.8) is 0 Å². The van der Waals surface area contributed by atoms with Gasteiger partial charge < -0.3 is 14.1 Å². The quantitative estimate of drug-likeness (QED) is 0.654. The topological polar surface area (TPSA) is 55.6 Å². The number of nitrogens with zero attached hydrogens (tertiary/aromatic N) is 2. The summed E-state index contributed by atoms with van der Waals surface area (Å²) < 4.78 is 11.5. The van der Waals surface area contributed by atoms with Crippen LogP contribution >= 0.6 is 0 Å². The third kappa shape index (κ3) is 3.77. The van der Waals surface area contributed by atoms with Gasteiger partial charge in [-0.05, 0) is 37.0 Å². The summed E-state index contributed by atoms with van der Waals surface area (Å²) in [7, 11) is 0. The Labute approximate surface area is 176 Å². The number of hydrogen-bond donors (Lipinski definition) is 0. The predicted molar refractivity (Wildman–Crippen MR) is 114 cm³/mol. The lowest BCUT2D eigenvalue weighted by Gasteiger charge is -2.26. The van der Waals surface area contributed by atoms with Crippen molar-refractivity contribution in [3.8, 4) is 0 Å². The van der Waals surface area contributed by atoms with Crippen molar-refractivity contribution in [1.29, 1.82) is 0 Å². The number of rotatable bonds is 4. The lowest BCUT2D eigenvalue weighted by Crippen LogP contribution is -2.36. The SMILES string of the molecule is Cc1ccc(Cc2ccccc2C(=O)N2CCc3oc(C4CCOC4)nc3C2)cc1. The predicted octanol–water partition coefficient (Wildman–Crippen LogP) is 4.28. The van der Waals surface area contributed by atoms with Crippen molar-refractivity contribution < 1.29 is 13.9 Å². The lowest BCUT2D eigenvalue weighted by molar-refractivity contribution is 0.0727. The maximum atomic E-state index is 13.4. The van der Waals surface area contributed by atoms with Crippen LogP contribution in [0.2, 0.25) is 0 Å². The van der Waals surface area contributed by atoms with Gasteiger partial charge in [0.2, 0.25) is 0 Å². The van der Waals surface area contributed by atoms with Crippen molar-refractivity contribution in [1.82, 2.24) is 9.88 Å². The monoisotopic (exact) mass is 402 g/mol. The van der Waals surface area contributed by atoms with E-state index in [-0.39, 0.29) is 11.8 Å². The molecule has 2 aliphatic rings. The van der Waals surface area contributed by atoms with Gasteiger partial charge in [0.15, 0.2) is 5.89 Å². The molecule has 2 aromatic carbocycles. The summed E-state index contributed by atoms with van der Waals surface area (Å²) in [6.45, 7) is 4.68. The molecule has 0 radical (unpaired) electrons. The number of benzene rings is 2. The molecule has 154 valence electrons. The van der Waals surface area contributed by atoms with Gasteiger partial charge in [0.1, 0.15) is 11.5 Å². The fraction of sp³-hybridized carbons (Fsp3) is 0.360. The highest BCUT2D eigenvalue weighted by Gasteiger charge is 2.30. The van der Waals surface area contributed by atoms with Gasteiger partial charge in [0.05, 0.1) is 19.1 Å². The molecular weight excluding hydrogens is 376 g/mol. The van der Waals surface area contributed by atoms with Crippen LogP contribution in [0.5, 0.6) is 0 Å². The van der Waals surface area contributed by atoms with Gasteiger partial charge in [-0.1, -0.05) is 48.0 Å². The molecule has 3 heterocycles. The van der Waals surface area contributed by atoms with E-state index in [0.717, 1.165) is 47.9 Å². The van der Waals surface area contributed by atoms with E-state index in [9.17, 15) is 4.79 Å². The smallest absolute Gasteiger partial charge is 0.254 e. The minimum absolute atomic E-state index is 0.0668. The van der Waals surface area contributed by atoms with Crippen LogP contribution in [0, 0.1) is 6.92 Å². The van der Waals surface area contributed by atoms with Crippen molar-refractivity contribution in [3.05, 3.63) is 88.1 Å². The van der Waals surface area contributed by atoms with E-state index in [2.05, 4.69) is 37.3 Å². The molecule has 3 aromatic rings. The zero-order chi connectivity index (χ0) is 20.5. The summed E-state index contributed by atoms with van der Waals surface area (Å²) >= 11 is 0. The summed E-state index contributed by atoms with van der Waals surface area (Å²) in [5.74, 6) is 2.01. The van der Waals surface area contributed by atoms with E-state index in [1.807, 2.05) is 23.1 Å². The van der Waals surface area contributed by atoms with Crippen LogP contribution in [0.3, 0.4) is 0 Å². The number of carbonyl (C=O) groups is 1. The highest BCUT2D eigenvalue weighted by Crippen LogP contribution is 2.29. The average molecular weight is 402 g/mol. The molecule has 5 nitrogen and oxygen atoms in total. The number of fused-ring (bicyclic) bond motifs is 1. The van der Waals surface area contributed by atoms with E-state index in [1.54, 1.807) is 0 Å². The first kappa shape index (κ1) is 19.1. The van der Waals surface area contributed by atoms with E-state index in [1.165, 1.54) is 11.1 Å². The number of hydrogen-bond acceptors (Lipinski definition) is 4. The van der Waals surface area contributed by atoms with Gasteiger partial charge in [-0.25, -0.2) is 4.98 Å². The van der Waals surface area contributed by atoms with Gasteiger partial charge in [-0.3, -0.25) is 4.79 Å². The Kier molecular flexibility index (Phi) is 5.13. The Morgan fingerprint density at radius 3 is 2.80 bits per heavy atom. The van der Waals surface area contributed by atoms with Crippen molar-refractivity contribution in [2.75, 3.05) is 19.8 Å². The van der Waals surface area contributed by atoms with Crippen molar-refractivity contribution in [2.45, 2.75) is 38.6 Å². The number of aryl methyl sites for hydroxylation is 1. The molecule has 5 rings (SSSR count). The van der Waals surface area contributed by atoms with Crippen LogP contribution in [-0.2, 0) is 24.1 Å². The average Bonchev–Trinajstić information content (AvgIpc) is 3.44. The van der Waals surface area contributed by atoms with E-state index >= 15 is 0 Å². The zero-order valence-corrected chi connectivity index (χ0v) is 17.3. The molecular formula is C25H26N2O3. The molecule has 0 aliphatic carbocycles. The minimum Gasteiger partial charge on any atom is -0.445 e. The zero-order valence-electron chi connectivity index (χ0n) is 17.3. The Morgan fingerprint density at radius 1 is 1.17 bits per heavy atom. The lowest BCUT2D eigenvalue weighted by atomic mass is 9.98. The van der Waals surface area contributed by atoms with Gasteiger partial charge in [0, 0.05) is 25.1 Å². The molecule has 1 atom stereocenters. The maximum Gasteiger partial charge on any atom is 0.254 e. The second-order valence-electron chi connectivity index (χ2n) is 8.28. The van der Waals surface area contributed by atoms with Crippen LogP contribution in [0.25, 0.3) is 0 Å². The number of oxazole rings is 1. The standard InChI is InChI=1S/C25H26N2O3/c1-17-6-8-18(9-7-17)14-19-4-2-3-5-21(19)25(28)27-12-10-23-22(15-27)26-24(30-23)20-11-13-29-16-20/h2-9,20H,10-16H2,1H3. The Balaban J connectivity index is 1.35. The Bertz CT molecular complexity index is 1050. The van der Waals surface area contributed by atoms with Crippen LogP contribution in [0.1, 0.15) is 56.7 Å². The fourth-order valence-electron chi connectivity index (χ4n) is 4.28. The Hall–Kier alpha value is -2.92. The van der Waals surface area contributed by atoms with Gasteiger partial charge in [-0.15, -0.1) is 0 Å². The molecule has 1 unspecified atom stereocenters. The molecule has 1 saturated heterocycles. The molecule has 1 aromatic heterocycles. The molecule has 1 fully saturated rings. The van der Waals surface area contributed by atoms with Crippen molar-refractivity contribution in [2.24, 2.45) is 0 Å². The molecule has 1 amide bonds. The summed E-state index contributed by atoms with van der Waals surface area (Å²) in [4.78, 5) is 20.0. The highest BCUT2D eigenvalue weighted by atomic mass is 16.5. The molecule has 0 saturated carbocycles. The van der Waals surface area contributed by atoms with Crippen molar-refractivity contribution >= 4 is 5.91 Å². The molecule has 0 spiro atoms. The van der Waals surface area contributed by atoms with Crippen LogP contribution < -0.4 is 0 Å². The summed E-state index contributed by atoms with van der Waals surface area (Å²) in [5.41, 5.74) is 5.17. The third-order valence-electron chi connectivity index (χ3n) is 6.07. The largest absolute Gasteiger partial charge is 0.445 e. The normalized spacial score (nSPS) is 18.4. The third-order valence-corrected chi connectivity index (χ3v) is 6.07. The van der Waals surface area contributed by atoms with Crippen LogP contribution in [0.15, 0.2) is 52.9 Å². The van der Waals surface area contributed by atoms with Gasteiger partial charge >= 0.3 is 0 Å². The second kappa shape index (κ2) is 8.07. The van der Waals surface area contributed by atoms with E-state index in [0.29, 0.717) is 26.1 Å². The first-order chi connectivity index (χ1) is 14.7. The first-order valence-corrected chi connectivity index (χ1v) is 10.7. The summed E-state index contributed by atoms with van der Waals surface area (Å²) in [6.07, 6.45) is 2.41. The molecule has 0 bridgehead atoms. The summed E-state index contributed by atoms with van der Waals surface area (Å²) in [6, 6.07) is 16.4. The van der Waals surface area contributed by atoms with E-state index in [4.69, 9.17) is 14.1 Å². The number of ether oxygens (including phenoxy) is 1. The van der Waals surface area contributed by atoms with Crippen LogP contribution in [-0.4, -0.2) is 35.5 Å². The minimum atomic E-state index is 0.0668. The fourth-order valence-corrected chi connectivity index (χ4v) is 4.28. The van der Waals surface area contributed by atoms with Gasteiger partial charge in [-0.2, -0.15) is 0 Å². The highest BCUT2D eigenvalue weighted by molar-refractivity contribution is 5.96.